The molecule has 4 amide bonds. The summed E-state index contributed by atoms with van der Waals surface area (Å²) in [6.07, 6.45) is 0.952. The highest BCUT2D eigenvalue weighted by Gasteiger charge is 2.39. The normalized spacial score (nSPS) is 17.9. The van der Waals surface area contributed by atoms with Crippen molar-refractivity contribution in [3.63, 3.8) is 0 Å². The van der Waals surface area contributed by atoms with Crippen molar-refractivity contribution >= 4 is 29.6 Å². The Labute approximate surface area is 204 Å². The molecule has 1 heterocycles. The zero-order valence-electron chi connectivity index (χ0n) is 20.1. The number of carbonyl (C=O) groups is 5. The monoisotopic (exact) mass is 489 g/mol. The first-order valence-electron chi connectivity index (χ1n) is 11.7. The van der Waals surface area contributed by atoms with Gasteiger partial charge < -0.3 is 32.1 Å². The first-order valence-corrected chi connectivity index (χ1v) is 11.7. The molecule has 1 aliphatic rings. The number of aliphatic carboxylic acids is 1. The number of nitrogens with one attached hydrogen (secondary N) is 2. The molecule has 0 aromatic heterocycles. The summed E-state index contributed by atoms with van der Waals surface area (Å²) in [6, 6.07) is 4.83. The average molecular weight is 490 g/mol. The number of carbonyl (C=O) groups excluding carboxylic acids is 4. The molecule has 0 spiro atoms. The van der Waals surface area contributed by atoms with Gasteiger partial charge in [0.15, 0.2) is 0 Å². The standard InChI is InChI=1S/C24H35N5O6/c1-14(2)11-18(24(34)35)28-22(32)19-9-6-10-29(19)23(33)17(12-15-7-4-3-5-8-15)27-21(31)16(25)13-20(26)30/h3-5,7-8,14,16-19H,6,9-13,25H2,1-2H3,(H2,26,30)(H,27,31)(H,28,32)(H,34,35). The molecule has 192 valence electrons. The van der Waals surface area contributed by atoms with Gasteiger partial charge in [0.1, 0.15) is 18.1 Å². The highest BCUT2D eigenvalue weighted by molar-refractivity contribution is 5.95. The van der Waals surface area contributed by atoms with Crippen molar-refractivity contribution < 1.29 is 29.1 Å². The number of primary amides is 1. The van der Waals surface area contributed by atoms with Gasteiger partial charge in [0.2, 0.25) is 23.6 Å². The maximum absolute atomic E-state index is 13.5. The van der Waals surface area contributed by atoms with Gasteiger partial charge in [0.25, 0.3) is 0 Å². The Hall–Kier alpha value is -3.47. The van der Waals surface area contributed by atoms with Gasteiger partial charge in [-0.3, -0.25) is 19.2 Å². The minimum Gasteiger partial charge on any atom is -0.480 e. The molecule has 7 N–H and O–H groups in total. The predicted octanol–water partition coefficient (Wildman–Crippen LogP) is -0.477. The number of rotatable bonds is 12. The summed E-state index contributed by atoms with van der Waals surface area (Å²) < 4.78 is 0. The number of carboxylic acid groups (broad SMARTS) is 1. The highest BCUT2D eigenvalue weighted by atomic mass is 16.4. The summed E-state index contributed by atoms with van der Waals surface area (Å²) in [4.78, 5) is 63.2. The minimum absolute atomic E-state index is 0.0489. The highest BCUT2D eigenvalue weighted by Crippen LogP contribution is 2.20. The van der Waals surface area contributed by atoms with E-state index in [0.717, 1.165) is 5.56 Å². The van der Waals surface area contributed by atoms with Crippen LogP contribution in [0.1, 0.15) is 45.1 Å². The molecule has 11 heteroatoms. The molecule has 0 radical (unpaired) electrons. The van der Waals surface area contributed by atoms with Crippen molar-refractivity contribution in [3.8, 4) is 0 Å². The van der Waals surface area contributed by atoms with E-state index in [0.29, 0.717) is 12.8 Å². The van der Waals surface area contributed by atoms with E-state index in [1.165, 1.54) is 4.90 Å². The third-order valence-corrected chi connectivity index (χ3v) is 5.82. The summed E-state index contributed by atoms with van der Waals surface area (Å²) in [5.74, 6) is -3.57. The van der Waals surface area contributed by atoms with Gasteiger partial charge in [-0.1, -0.05) is 44.2 Å². The molecule has 4 unspecified atom stereocenters. The Bertz CT molecular complexity index is 922. The third kappa shape index (κ3) is 8.36. The molecule has 1 aliphatic heterocycles. The van der Waals surface area contributed by atoms with Crippen LogP contribution in [0.25, 0.3) is 0 Å². The SMILES string of the molecule is CC(C)CC(NC(=O)C1CCCN1C(=O)C(Cc1ccccc1)NC(=O)C(N)CC(N)=O)C(=O)O. The number of amides is 4. The summed E-state index contributed by atoms with van der Waals surface area (Å²) in [5, 5.41) is 14.6. The van der Waals surface area contributed by atoms with Gasteiger partial charge in [-0.25, -0.2) is 4.79 Å². The van der Waals surface area contributed by atoms with E-state index in [-0.39, 0.29) is 31.7 Å². The number of nitrogens with two attached hydrogens (primary N) is 2. The fraction of sp³-hybridized carbons (Fsp3) is 0.542. The molecule has 0 aliphatic carbocycles. The lowest BCUT2D eigenvalue weighted by Gasteiger charge is -2.30. The first kappa shape index (κ1) is 27.8. The third-order valence-electron chi connectivity index (χ3n) is 5.82. The lowest BCUT2D eigenvalue weighted by atomic mass is 10.0. The Morgan fingerprint density at radius 3 is 2.31 bits per heavy atom. The molecular weight excluding hydrogens is 454 g/mol. The van der Waals surface area contributed by atoms with Crippen LogP contribution in [0.15, 0.2) is 30.3 Å². The molecule has 2 rings (SSSR count). The second-order valence-corrected chi connectivity index (χ2v) is 9.25. The molecule has 1 fully saturated rings. The van der Waals surface area contributed by atoms with Crippen LogP contribution in [0.5, 0.6) is 0 Å². The summed E-state index contributed by atoms with van der Waals surface area (Å²) in [6.45, 7) is 3.99. The zero-order valence-corrected chi connectivity index (χ0v) is 20.1. The van der Waals surface area contributed by atoms with Crippen molar-refractivity contribution in [2.45, 2.75) is 70.1 Å². The maximum Gasteiger partial charge on any atom is 0.326 e. The Morgan fingerprint density at radius 1 is 1.09 bits per heavy atom. The van der Waals surface area contributed by atoms with Gasteiger partial charge in [0.05, 0.1) is 12.5 Å². The summed E-state index contributed by atoms with van der Waals surface area (Å²) >= 11 is 0. The van der Waals surface area contributed by atoms with Crippen LogP contribution in [-0.4, -0.2) is 70.3 Å². The van der Waals surface area contributed by atoms with Gasteiger partial charge >= 0.3 is 5.97 Å². The first-order chi connectivity index (χ1) is 16.5. The van der Waals surface area contributed by atoms with Gasteiger partial charge in [-0.2, -0.15) is 0 Å². The van der Waals surface area contributed by atoms with E-state index < -0.39 is 53.8 Å². The summed E-state index contributed by atoms with van der Waals surface area (Å²) in [5.41, 5.74) is 11.7. The number of hydrogen-bond acceptors (Lipinski definition) is 6. The molecule has 35 heavy (non-hydrogen) atoms. The smallest absolute Gasteiger partial charge is 0.326 e. The lowest BCUT2D eigenvalue weighted by Crippen LogP contribution is -2.57. The quantitative estimate of drug-likeness (QED) is 0.262. The van der Waals surface area contributed by atoms with Crippen LogP contribution >= 0.6 is 0 Å². The molecule has 11 nitrogen and oxygen atoms in total. The van der Waals surface area contributed by atoms with Crippen molar-refractivity contribution in [1.82, 2.24) is 15.5 Å². The molecule has 0 bridgehead atoms. The Balaban J connectivity index is 2.21. The van der Waals surface area contributed by atoms with Crippen LogP contribution in [0.3, 0.4) is 0 Å². The fourth-order valence-corrected chi connectivity index (χ4v) is 4.10. The number of likely N-dealkylation sites (tertiary alicyclic amines) is 1. The molecular formula is C24H35N5O6. The second-order valence-electron chi connectivity index (χ2n) is 9.25. The van der Waals surface area contributed by atoms with Gasteiger partial charge in [-0.15, -0.1) is 0 Å². The largest absolute Gasteiger partial charge is 0.480 e. The Morgan fingerprint density at radius 2 is 1.74 bits per heavy atom. The van der Waals surface area contributed by atoms with E-state index in [2.05, 4.69) is 10.6 Å². The van der Waals surface area contributed by atoms with Gasteiger partial charge in [-0.05, 0) is 30.7 Å². The zero-order chi connectivity index (χ0) is 26.1. The van der Waals surface area contributed by atoms with Crippen molar-refractivity contribution in [3.05, 3.63) is 35.9 Å². The van der Waals surface area contributed by atoms with Crippen molar-refractivity contribution in [2.24, 2.45) is 17.4 Å². The number of carboxylic acids is 1. The van der Waals surface area contributed by atoms with Crippen molar-refractivity contribution in [1.29, 1.82) is 0 Å². The van der Waals surface area contributed by atoms with E-state index >= 15 is 0 Å². The Kier molecular flexibility index (Phi) is 10.2. The second kappa shape index (κ2) is 12.8. The van der Waals surface area contributed by atoms with E-state index in [1.54, 1.807) is 24.3 Å². The molecule has 1 aromatic rings. The van der Waals surface area contributed by atoms with Crippen LogP contribution in [0.2, 0.25) is 0 Å². The molecule has 4 atom stereocenters. The number of benzene rings is 1. The predicted molar refractivity (Wildman–Crippen MR) is 128 cm³/mol. The van der Waals surface area contributed by atoms with E-state index in [1.807, 2.05) is 19.9 Å². The fourth-order valence-electron chi connectivity index (χ4n) is 4.10. The van der Waals surface area contributed by atoms with E-state index in [4.69, 9.17) is 11.5 Å². The lowest BCUT2D eigenvalue weighted by molar-refractivity contribution is -0.145. The topological polar surface area (TPSA) is 185 Å². The van der Waals surface area contributed by atoms with Crippen LogP contribution in [-0.2, 0) is 30.4 Å². The number of nitrogens with zero attached hydrogens (tertiary/aromatic N) is 1. The minimum atomic E-state index is -1.22. The van der Waals surface area contributed by atoms with Gasteiger partial charge in [0, 0.05) is 13.0 Å². The van der Waals surface area contributed by atoms with Crippen LogP contribution in [0.4, 0.5) is 0 Å². The molecule has 0 saturated carbocycles. The molecule has 1 aromatic carbocycles. The van der Waals surface area contributed by atoms with Crippen LogP contribution in [0, 0.1) is 5.92 Å². The van der Waals surface area contributed by atoms with Crippen molar-refractivity contribution in [2.75, 3.05) is 6.54 Å². The van der Waals surface area contributed by atoms with E-state index in [9.17, 15) is 29.1 Å². The van der Waals surface area contributed by atoms with Crippen LogP contribution < -0.4 is 22.1 Å². The summed E-state index contributed by atoms with van der Waals surface area (Å²) in [7, 11) is 0. The average Bonchev–Trinajstić information content (AvgIpc) is 3.27. The number of hydrogen-bond donors (Lipinski definition) is 5. The molecule has 1 saturated heterocycles. The maximum atomic E-state index is 13.5.